The zero-order valence-electron chi connectivity index (χ0n) is 15.6. The van der Waals surface area contributed by atoms with E-state index in [-0.39, 0.29) is 17.6 Å². The molecule has 3 saturated carbocycles. The van der Waals surface area contributed by atoms with Crippen LogP contribution in [0.1, 0.15) is 58.8 Å². The fourth-order valence-electron chi connectivity index (χ4n) is 6.60. The van der Waals surface area contributed by atoms with E-state index in [0.717, 1.165) is 11.9 Å². The first-order valence-corrected chi connectivity index (χ1v) is 10.3. The second-order valence-electron chi connectivity index (χ2n) is 8.94. The van der Waals surface area contributed by atoms with Crippen LogP contribution in [0, 0.1) is 39.9 Å². The van der Waals surface area contributed by atoms with E-state index in [4.69, 9.17) is 5.26 Å². The molecule has 3 fully saturated rings. The molecule has 142 valence electrons. The fraction of sp³-hybridized carbons (Fsp3) is 0.762. The zero-order chi connectivity index (χ0) is 19.2. The van der Waals surface area contributed by atoms with E-state index < -0.39 is 22.4 Å². The lowest BCUT2D eigenvalue weighted by Gasteiger charge is -2.60. The average Bonchev–Trinajstić information content (AvgIpc) is 2.90. The molecule has 3 rings (SSSR count). The number of alkyl halides is 1. The van der Waals surface area contributed by atoms with Crippen molar-refractivity contribution in [2.24, 2.45) is 28.6 Å². The Bertz CT molecular complexity index is 686. The third-order valence-electron chi connectivity index (χ3n) is 7.86. The van der Waals surface area contributed by atoms with E-state index >= 15 is 4.39 Å². The first-order chi connectivity index (χ1) is 12.3. The first kappa shape index (κ1) is 19.6. The van der Waals surface area contributed by atoms with E-state index in [0.29, 0.717) is 50.7 Å². The van der Waals surface area contributed by atoms with E-state index in [1.165, 1.54) is 6.08 Å². The Morgan fingerprint density at radius 3 is 2.73 bits per heavy atom. The molecule has 0 aromatic rings. The van der Waals surface area contributed by atoms with Crippen LogP contribution in [0.4, 0.5) is 4.39 Å². The minimum atomic E-state index is -1.55. The van der Waals surface area contributed by atoms with Crippen LogP contribution in [0.2, 0.25) is 0 Å². The van der Waals surface area contributed by atoms with Crippen molar-refractivity contribution in [2.45, 2.75) is 64.5 Å². The largest absolute Gasteiger partial charge is 0.303 e. The lowest BCUT2D eigenvalue weighted by molar-refractivity contribution is -0.176. The summed E-state index contributed by atoms with van der Waals surface area (Å²) in [5, 5.41) is 9.09. The molecule has 0 bridgehead atoms. The zero-order valence-corrected chi connectivity index (χ0v) is 16.5. The third-order valence-corrected chi connectivity index (χ3v) is 8.30. The smallest absolute Gasteiger partial charge is 0.140 e. The topological polar surface area (TPSA) is 57.9 Å². The molecule has 0 aliphatic heterocycles. The van der Waals surface area contributed by atoms with Crippen LogP contribution in [-0.4, -0.2) is 23.5 Å². The Labute approximate surface area is 160 Å². The van der Waals surface area contributed by atoms with Crippen LogP contribution in [0.15, 0.2) is 11.6 Å². The maximum Gasteiger partial charge on any atom is 0.140 e. The van der Waals surface area contributed by atoms with Gasteiger partial charge >= 0.3 is 0 Å². The summed E-state index contributed by atoms with van der Waals surface area (Å²) in [4.78, 5) is 24.3. The number of hydrogen-bond donors (Lipinski definition) is 1. The van der Waals surface area contributed by atoms with Crippen molar-refractivity contribution in [3.05, 3.63) is 11.6 Å². The van der Waals surface area contributed by atoms with E-state index in [9.17, 15) is 9.59 Å². The highest BCUT2D eigenvalue weighted by molar-refractivity contribution is 7.80. The number of nitriles is 1. The molecule has 3 nitrogen and oxygen atoms in total. The number of ketones is 1. The van der Waals surface area contributed by atoms with Crippen LogP contribution in [0.5, 0.6) is 0 Å². The molecule has 0 spiro atoms. The lowest BCUT2D eigenvalue weighted by atomic mass is 9.45. The summed E-state index contributed by atoms with van der Waals surface area (Å²) in [7, 11) is 0. The normalized spacial score (nSPS) is 46.5. The SMILES string of the molecule is CC12CC(=O)C3[C@@](F)(CC[C@H](CS)[C@]3(C)CCC=O)C1CC/C2=C/C#N. The first-order valence-electron chi connectivity index (χ1n) is 9.63. The molecule has 0 N–H and O–H groups in total. The van der Waals surface area contributed by atoms with Crippen LogP contribution < -0.4 is 0 Å². The van der Waals surface area contributed by atoms with E-state index in [1.807, 2.05) is 13.8 Å². The summed E-state index contributed by atoms with van der Waals surface area (Å²) in [6.45, 7) is 3.97. The number of thiol groups is 1. The van der Waals surface area contributed by atoms with Crippen molar-refractivity contribution in [2.75, 3.05) is 5.75 Å². The molecule has 0 heterocycles. The highest BCUT2D eigenvalue weighted by atomic mass is 32.1. The summed E-state index contributed by atoms with van der Waals surface area (Å²) >= 11 is 4.48. The Morgan fingerprint density at radius 1 is 1.38 bits per heavy atom. The average molecular weight is 378 g/mol. The molecule has 26 heavy (non-hydrogen) atoms. The maximum absolute atomic E-state index is 16.7. The number of carbonyl (C=O) groups is 2. The number of halogens is 1. The van der Waals surface area contributed by atoms with Crippen molar-refractivity contribution in [1.29, 1.82) is 5.26 Å². The van der Waals surface area contributed by atoms with Gasteiger partial charge in [-0.25, -0.2) is 4.39 Å². The van der Waals surface area contributed by atoms with Gasteiger partial charge in [-0.1, -0.05) is 19.4 Å². The molecule has 3 aliphatic carbocycles. The number of nitrogens with zero attached hydrogens (tertiary/aromatic N) is 1. The molecular formula is C21H28FNO2S. The summed E-state index contributed by atoms with van der Waals surface area (Å²) in [5.41, 5.74) is -1.70. The molecule has 0 saturated heterocycles. The van der Waals surface area contributed by atoms with Gasteiger partial charge in [-0.05, 0) is 49.2 Å². The van der Waals surface area contributed by atoms with Gasteiger partial charge in [-0.2, -0.15) is 17.9 Å². The second kappa shape index (κ2) is 6.78. The predicted molar refractivity (Wildman–Crippen MR) is 101 cm³/mol. The minimum Gasteiger partial charge on any atom is -0.303 e. The summed E-state index contributed by atoms with van der Waals surface area (Å²) < 4.78 is 16.7. The minimum absolute atomic E-state index is 0.0307. The van der Waals surface area contributed by atoms with Gasteiger partial charge in [0.2, 0.25) is 0 Å². The van der Waals surface area contributed by atoms with Gasteiger partial charge < -0.3 is 4.79 Å². The van der Waals surface area contributed by atoms with E-state index in [1.54, 1.807) is 0 Å². The Morgan fingerprint density at radius 2 is 2.12 bits per heavy atom. The Hall–Kier alpha value is -1.15. The van der Waals surface area contributed by atoms with Gasteiger partial charge in [0.25, 0.3) is 0 Å². The second-order valence-corrected chi connectivity index (χ2v) is 9.30. The summed E-state index contributed by atoms with van der Waals surface area (Å²) in [6, 6.07) is 2.08. The highest BCUT2D eigenvalue weighted by Crippen LogP contribution is 2.68. The lowest BCUT2D eigenvalue weighted by Crippen LogP contribution is -2.64. The number of aldehydes is 1. The Kier molecular flexibility index (Phi) is 5.11. The standard InChI is InChI=1S/C21H28FNO2S/c1-19(8-3-11-24)15(13-26)6-9-21(22)17-5-4-14(7-10-23)20(17,2)12-16(25)18(19)21/h7,11,15,17-18,26H,3-6,8-9,12-13H2,1-2H3/b14-7-/t15-,17?,18?,19+,20?,21-/m1/s1. The number of hydrogen-bond acceptors (Lipinski definition) is 4. The molecule has 0 aromatic heterocycles. The number of allylic oxidation sites excluding steroid dienone is 2. The van der Waals surface area contributed by atoms with E-state index in [2.05, 4.69) is 18.7 Å². The van der Waals surface area contributed by atoms with Crippen LogP contribution in [0.25, 0.3) is 0 Å². The van der Waals surface area contributed by atoms with Crippen molar-refractivity contribution in [3.8, 4) is 6.07 Å². The van der Waals surface area contributed by atoms with Crippen LogP contribution in [-0.2, 0) is 9.59 Å². The van der Waals surface area contributed by atoms with Gasteiger partial charge in [0.1, 0.15) is 17.7 Å². The van der Waals surface area contributed by atoms with Crippen LogP contribution >= 0.6 is 12.6 Å². The molecule has 3 unspecified atom stereocenters. The molecule has 0 aromatic carbocycles. The molecule has 3 aliphatic rings. The van der Waals surface area contributed by atoms with Crippen LogP contribution in [0.3, 0.4) is 0 Å². The third kappa shape index (κ3) is 2.59. The highest BCUT2D eigenvalue weighted by Gasteiger charge is 2.69. The number of carbonyl (C=O) groups excluding carboxylic acids is 2. The van der Waals surface area contributed by atoms with Crippen molar-refractivity contribution < 1.29 is 14.0 Å². The number of Topliss-reactive ketones (excluding diaryl/α,β-unsaturated/α-hetero) is 1. The van der Waals surface area contributed by atoms with Gasteiger partial charge in [-0.3, -0.25) is 4.79 Å². The summed E-state index contributed by atoms with van der Waals surface area (Å²) in [6.07, 6.45) is 6.06. The van der Waals surface area contributed by atoms with Crippen molar-refractivity contribution >= 4 is 24.7 Å². The van der Waals surface area contributed by atoms with Crippen molar-refractivity contribution in [1.82, 2.24) is 0 Å². The van der Waals surface area contributed by atoms with Gasteiger partial charge in [0.15, 0.2) is 0 Å². The molecule has 0 amide bonds. The molecule has 5 heteroatoms. The molecule has 0 radical (unpaired) electrons. The monoisotopic (exact) mass is 377 g/mol. The van der Waals surface area contributed by atoms with Gasteiger partial charge in [0, 0.05) is 30.3 Å². The molecular weight excluding hydrogens is 349 g/mol. The van der Waals surface area contributed by atoms with Gasteiger partial charge in [-0.15, -0.1) is 0 Å². The Balaban J connectivity index is 2.07. The predicted octanol–water partition coefficient (Wildman–Crippen LogP) is 4.48. The van der Waals surface area contributed by atoms with Gasteiger partial charge in [0.05, 0.1) is 12.0 Å². The fourth-order valence-corrected chi connectivity index (χ4v) is 7.20. The molecule has 6 atom stereocenters. The number of fused-ring (bicyclic) bond motifs is 3. The quantitative estimate of drug-likeness (QED) is 0.447. The number of rotatable bonds is 4. The summed E-state index contributed by atoms with van der Waals surface area (Å²) in [5.74, 6) is -0.175. The maximum atomic E-state index is 16.7. The van der Waals surface area contributed by atoms with Crippen molar-refractivity contribution in [3.63, 3.8) is 0 Å².